The summed E-state index contributed by atoms with van der Waals surface area (Å²) in [6, 6.07) is 11.8. The number of nitrogens with zero attached hydrogens (tertiary/aromatic N) is 5. The highest BCUT2D eigenvalue weighted by molar-refractivity contribution is 5.75. The molecule has 0 aliphatic carbocycles. The number of rotatable bonds is 8. The highest BCUT2D eigenvalue weighted by atomic mass is 16.5. The third kappa shape index (κ3) is 4.76. The summed E-state index contributed by atoms with van der Waals surface area (Å²) in [4.78, 5) is 15.6. The quantitative estimate of drug-likeness (QED) is 0.569. The first-order valence-corrected chi connectivity index (χ1v) is 9.77. The average molecular weight is 409 g/mol. The molecule has 1 amide bonds. The maximum absolute atomic E-state index is 12.7. The van der Waals surface area contributed by atoms with E-state index in [0.29, 0.717) is 23.9 Å². The molecule has 0 spiro atoms. The fraction of sp³-hybridized carbons (Fsp3) is 0.364. The van der Waals surface area contributed by atoms with E-state index < -0.39 is 0 Å². The lowest BCUT2D eigenvalue weighted by atomic mass is 10.1. The number of carbonyl (C=O) groups is 1. The van der Waals surface area contributed by atoms with E-state index >= 15 is 0 Å². The minimum atomic E-state index is -0.116. The number of methoxy groups -OCH3 is 2. The molecule has 30 heavy (non-hydrogen) atoms. The fourth-order valence-corrected chi connectivity index (χ4v) is 3.09. The van der Waals surface area contributed by atoms with Crippen molar-refractivity contribution in [2.45, 2.75) is 33.4 Å². The van der Waals surface area contributed by atoms with Crippen molar-refractivity contribution in [2.24, 2.45) is 0 Å². The molecule has 0 saturated heterocycles. The molecule has 0 radical (unpaired) electrons. The van der Waals surface area contributed by atoms with Crippen molar-refractivity contribution >= 4 is 5.91 Å². The molecule has 3 rings (SSSR count). The van der Waals surface area contributed by atoms with E-state index in [1.165, 1.54) is 10.4 Å². The van der Waals surface area contributed by atoms with Crippen molar-refractivity contribution in [1.82, 2.24) is 25.1 Å². The zero-order chi connectivity index (χ0) is 21.7. The minimum absolute atomic E-state index is 0.0167. The molecule has 2 aromatic carbocycles. The summed E-state index contributed by atoms with van der Waals surface area (Å²) in [6.07, 6.45) is 0.973. The Hall–Kier alpha value is -3.42. The van der Waals surface area contributed by atoms with Gasteiger partial charge in [0.15, 0.2) is 11.5 Å². The van der Waals surface area contributed by atoms with E-state index in [4.69, 9.17) is 9.47 Å². The molecule has 0 aliphatic rings. The van der Waals surface area contributed by atoms with Crippen LogP contribution in [0.1, 0.15) is 23.6 Å². The molecule has 0 saturated carbocycles. The van der Waals surface area contributed by atoms with Crippen LogP contribution in [-0.2, 0) is 24.3 Å². The van der Waals surface area contributed by atoms with Crippen LogP contribution in [0.3, 0.4) is 0 Å². The summed E-state index contributed by atoms with van der Waals surface area (Å²) in [5.74, 6) is 1.69. The minimum Gasteiger partial charge on any atom is -0.493 e. The van der Waals surface area contributed by atoms with Crippen LogP contribution in [0.25, 0.3) is 11.4 Å². The number of benzene rings is 2. The van der Waals surface area contributed by atoms with Crippen LogP contribution in [0.2, 0.25) is 0 Å². The van der Waals surface area contributed by atoms with Crippen LogP contribution in [-0.4, -0.2) is 52.3 Å². The SMILES string of the molecule is CCc1ccc(-c2nnn(CC(=O)N(C)Cc3cc(OC)c(OC)cc3C)n2)cc1. The molecule has 158 valence electrons. The van der Waals surface area contributed by atoms with Gasteiger partial charge in [-0.25, -0.2) is 0 Å². The smallest absolute Gasteiger partial charge is 0.246 e. The monoisotopic (exact) mass is 409 g/mol. The molecule has 8 nitrogen and oxygen atoms in total. The molecule has 0 atom stereocenters. The molecule has 0 bridgehead atoms. The van der Waals surface area contributed by atoms with Gasteiger partial charge in [-0.1, -0.05) is 31.2 Å². The van der Waals surface area contributed by atoms with Crippen LogP contribution in [0, 0.1) is 6.92 Å². The number of ether oxygens (including phenoxy) is 2. The molecular formula is C22H27N5O3. The van der Waals surface area contributed by atoms with Crippen LogP contribution in [0.4, 0.5) is 0 Å². The zero-order valence-corrected chi connectivity index (χ0v) is 18.0. The van der Waals surface area contributed by atoms with E-state index in [1.54, 1.807) is 26.2 Å². The molecule has 0 N–H and O–H groups in total. The second-order valence-corrected chi connectivity index (χ2v) is 7.08. The summed E-state index contributed by atoms with van der Waals surface area (Å²) in [7, 11) is 4.94. The Morgan fingerprint density at radius 3 is 2.40 bits per heavy atom. The Kier molecular flexibility index (Phi) is 6.66. The van der Waals surface area contributed by atoms with Crippen LogP contribution >= 0.6 is 0 Å². The van der Waals surface area contributed by atoms with Gasteiger partial charge >= 0.3 is 0 Å². The van der Waals surface area contributed by atoms with Gasteiger partial charge in [0.2, 0.25) is 11.7 Å². The van der Waals surface area contributed by atoms with Crippen LogP contribution in [0.5, 0.6) is 11.5 Å². The van der Waals surface area contributed by atoms with Crippen molar-refractivity contribution < 1.29 is 14.3 Å². The highest BCUT2D eigenvalue weighted by Crippen LogP contribution is 2.30. The zero-order valence-electron chi connectivity index (χ0n) is 18.0. The van der Waals surface area contributed by atoms with Crippen molar-refractivity contribution in [3.8, 4) is 22.9 Å². The Morgan fingerprint density at radius 2 is 1.77 bits per heavy atom. The Morgan fingerprint density at radius 1 is 1.10 bits per heavy atom. The first-order valence-electron chi connectivity index (χ1n) is 9.77. The average Bonchev–Trinajstić information content (AvgIpc) is 3.23. The van der Waals surface area contributed by atoms with E-state index in [-0.39, 0.29) is 12.5 Å². The van der Waals surface area contributed by atoms with E-state index in [2.05, 4.69) is 22.3 Å². The summed E-state index contributed by atoms with van der Waals surface area (Å²) >= 11 is 0. The van der Waals surface area contributed by atoms with Gasteiger partial charge in [-0.05, 0) is 47.4 Å². The maximum Gasteiger partial charge on any atom is 0.246 e. The second-order valence-electron chi connectivity index (χ2n) is 7.08. The summed E-state index contributed by atoms with van der Waals surface area (Å²) < 4.78 is 10.7. The topological polar surface area (TPSA) is 82.4 Å². The van der Waals surface area contributed by atoms with E-state index in [9.17, 15) is 4.79 Å². The van der Waals surface area contributed by atoms with E-state index in [1.807, 2.05) is 43.3 Å². The normalized spacial score (nSPS) is 10.7. The Labute approximate surface area is 176 Å². The Balaban J connectivity index is 1.67. The van der Waals surface area contributed by atoms with Crippen molar-refractivity contribution in [3.05, 3.63) is 53.1 Å². The molecule has 0 aliphatic heterocycles. The largest absolute Gasteiger partial charge is 0.493 e. The molecule has 0 unspecified atom stereocenters. The lowest BCUT2D eigenvalue weighted by molar-refractivity contribution is -0.131. The van der Waals surface area contributed by atoms with Crippen molar-refractivity contribution in [2.75, 3.05) is 21.3 Å². The molecule has 1 aromatic heterocycles. The lowest BCUT2D eigenvalue weighted by Crippen LogP contribution is -2.30. The molecular weight excluding hydrogens is 382 g/mol. The van der Waals surface area contributed by atoms with E-state index in [0.717, 1.165) is 23.1 Å². The fourth-order valence-electron chi connectivity index (χ4n) is 3.09. The van der Waals surface area contributed by atoms with Crippen molar-refractivity contribution in [3.63, 3.8) is 0 Å². The number of aryl methyl sites for hydroxylation is 2. The van der Waals surface area contributed by atoms with Crippen LogP contribution in [0.15, 0.2) is 36.4 Å². The summed E-state index contributed by atoms with van der Waals surface area (Å²) in [5, 5.41) is 12.4. The van der Waals surface area contributed by atoms with Gasteiger partial charge in [0.25, 0.3) is 0 Å². The van der Waals surface area contributed by atoms with Gasteiger partial charge in [-0.3, -0.25) is 4.79 Å². The number of hydrogen-bond donors (Lipinski definition) is 0. The van der Waals surface area contributed by atoms with Crippen molar-refractivity contribution in [1.29, 1.82) is 0 Å². The predicted octanol–water partition coefficient (Wildman–Crippen LogP) is 2.89. The number of carbonyl (C=O) groups excluding carboxylic acids is 1. The Bertz CT molecular complexity index is 1010. The van der Waals surface area contributed by atoms with Gasteiger partial charge in [-0.15, -0.1) is 10.2 Å². The number of hydrogen-bond acceptors (Lipinski definition) is 6. The van der Waals surface area contributed by atoms with Crippen LogP contribution < -0.4 is 9.47 Å². The first-order chi connectivity index (χ1) is 14.4. The van der Waals surface area contributed by atoms with Gasteiger partial charge in [-0.2, -0.15) is 4.80 Å². The van der Waals surface area contributed by atoms with Gasteiger partial charge in [0.05, 0.1) is 14.2 Å². The second kappa shape index (κ2) is 9.39. The third-order valence-electron chi connectivity index (χ3n) is 5.03. The third-order valence-corrected chi connectivity index (χ3v) is 5.03. The summed E-state index contributed by atoms with van der Waals surface area (Å²) in [5.41, 5.74) is 4.12. The number of amides is 1. The molecule has 3 aromatic rings. The maximum atomic E-state index is 12.7. The first kappa shape index (κ1) is 21.3. The van der Waals surface area contributed by atoms with Gasteiger partial charge in [0, 0.05) is 19.2 Å². The lowest BCUT2D eigenvalue weighted by Gasteiger charge is -2.19. The number of aromatic nitrogens is 4. The molecule has 8 heteroatoms. The summed E-state index contributed by atoms with van der Waals surface area (Å²) in [6.45, 7) is 4.54. The number of tetrazole rings is 1. The molecule has 0 fully saturated rings. The standard InChI is InChI=1S/C22H27N5O3/c1-6-16-7-9-17(10-8-16)22-23-25-27(24-22)14-21(28)26(3)13-18-12-20(30-5)19(29-4)11-15(18)2/h7-12H,6,13-14H2,1-5H3. The molecule has 1 heterocycles. The van der Waals surface area contributed by atoms with Gasteiger partial charge in [0.1, 0.15) is 6.54 Å². The predicted molar refractivity (Wildman–Crippen MR) is 113 cm³/mol. The highest BCUT2D eigenvalue weighted by Gasteiger charge is 2.16. The van der Waals surface area contributed by atoms with Gasteiger partial charge < -0.3 is 14.4 Å². The number of likely N-dealkylation sites (N-methyl/N-ethyl adjacent to an activating group) is 1.